The number of nitro benzene ring substituents is 1. The van der Waals surface area contributed by atoms with Gasteiger partial charge in [0.2, 0.25) is 0 Å². The third kappa shape index (κ3) is 5.32. The molecule has 8 nitrogen and oxygen atoms in total. The van der Waals surface area contributed by atoms with E-state index in [1.54, 1.807) is 0 Å². The van der Waals surface area contributed by atoms with E-state index in [9.17, 15) is 27.3 Å². The zero-order valence-corrected chi connectivity index (χ0v) is 17.0. The van der Waals surface area contributed by atoms with Gasteiger partial charge in [0.1, 0.15) is 16.5 Å². The smallest absolute Gasteiger partial charge is 0.270 e. The molecule has 0 heterocycles. The molecular formula is C19H13ClF2N4O4S. The molecule has 0 aromatic heterocycles. The number of anilines is 2. The van der Waals surface area contributed by atoms with Crippen molar-refractivity contribution in [3.05, 3.63) is 93.0 Å². The van der Waals surface area contributed by atoms with E-state index in [4.69, 9.17) is 11.6 Å². The molecule has 0 aliphatic heterocycles. The number of nitro groups is 1. The summed E-state index contributed by atoms with van der Waals surface area (Å²) < 4.78 is 55.4. The third-order valence-electron chi connectivity index (χ3n) is 3.94. The van der Waals surface area contributed by atoms with Gasteiger partial charge in [-0.3, -0.25) is 20.3 Å². The molecule has 160 valence electrons. The number of halogens is 3. The quantitative estimate of drug-likeness (QED) is 0.295. The van der Waals surface area contributed by atoms with Crippen molar-refractivity contribution >= 4 is 44.9 Å². The first kappa shape index (κ1) is 22.1. The van der Waals surface area contributed by atoms with Gasteiger partial charge in [0.15, 0.2) is 0 Å². The molecule has 3 aromatic rings. The minimum atomic E-state index is -4.31. The van der Waals surface area contributed by atoms with Crippen molar-refractivity contribution in [2.24, 2.45) is 5.10 Å². The lowest BCUT2D eigenvalue weighted by Gasteiger charge is -2.12. The number of hydrazone groups is 1. The number of nitrogens with zero attached hydrogens (tertiary/aromatic N) is 2. The molecule has 0 spiro atoms. The van der Waals surface area contributed by atoms with Crippen LogP contribution in [0.25, 0.3) is 0 Å². The Bertz CT molecular complexity index is 1250. The van der Waals surface area contributed by atoms with Crippen LogP contribution in [-0.4, -0.2) is 19.6 Å². The highest BCUT2D eigenvalue weighted by Gasteiger charge is 2.23. The zero-order valence-electron chi connectivity index (χ0n) is 15.4. The van der Waals surface area contributed by atoms with Crippen molar-refractivity contribution in [1.82, 2.24) is 0 Å². The Morgan fingerprint density at radius 1 is 1.03 bits per heavy atom. The second kappa shape index (κ2) is 9.06. The predicted octanol–water partition coefficient (Wildman–Crippen LogP) is 4.77. The van der Waals surface area contributed by atoms with Crippen LogP contribution in [0.4, 0.5) is 25.8 Å². The maximum atomic E-state index is 13.7. The van der Waals surface area contributed by atoms with Crippen LogP contribution in [0, 0.1) is 21.7 Å². The molecule has 0 unspecified atom stereocenters. The Hall–Kier alpha value is -3.57. The highest BCUT2D eigenvalue weighted by atomic mass is 35.5. The van der Waals surface area contributed by atoms with E-state index < -0.39 is 42.7 Å². The van der Waals surface area contributed by atoms with E-state index >= 15 is 0 Å². The van der Waals surface area contributed by atoms with Crippen molar-refractivity contribution < 1.29 is 22.1 Å². The first-order chi connectivity index (χ1) is 14.7. The molecule has 0 atom stereocenters. The monoisotopic (exact) mass is 466 g/mol. The molecule has 3 rings (SSSR count). The summed E-state index contributed by atoms with van der Waals surface area (Å²) in [6, 6.07) is 12.0. The fourth-order valence-electron chi connectivity index (χ4n) is 2.47. The molecule has 0 aliphatic rings. The molecule has 0 bridgehead atoms. The van der Waals surface area contributed by atoms with Gasteiger partial charge in [-0.15, -0.1) is 0 Å². The molecule has 3 aromatic carbocycles. The third-order valence-corrected chi connectivity index (χ3v) is 5.61. The SMILES string of the molecule is O=[N+]([O-])c1ccc(N/N=C/c2c(F)cccc2F)c(S(=O)(=O)Nc2ccc(Cl)cc2)c1. The average molecular weight is 467 g/mol. The lowest BCUT2D eigenvalue weighted by Crippen LogP contribution is -2.15. The molecule has 0 amide bonds. The Balaban J connectivity index is 1.96. The van der Waals surface area contributed by atoms with Crippen LogP contribution in [0.3, 0.4) is 0 Å². The van der Waals surface area contributed by atoms with Crippen molar-refractivity contribution in [3.63, 3.8) is 0 Å². The fourth-order valence-corrected chi connectivity index (χ4v) is 3.83. The number of rotatable bonds is 7. The standard InChI is InChI=1S/C19H13ClF2N4O4S/c20-12-4-6-13(7-5-12)25-31(29,30)19-10-14(26(27)28)8-9-18(19)24-23-11-15-16(21)2-1-3-17(15)22/h1-11,24-25H/b23-11+. The van der Waals surface area contributed by atoms with E-state index in [0.717, 1.165) is 36.5 Å². The topological polar surface area (TPSA) is 114 Å². The van der Waals surface area contributed by atoms with Crippen LogP contribution < -0.4 is 10.1 Å². The van der Waals surface area contributed by atoms with E-state index in [0.29, 0.717) is 5.02 Å². The summed E-state index contributed by atoms with van der Waals surface area (Å²) in [5, 5.41) is 15.2. The highest BCUT2D eigenvalue weighted by Crippen LogP contribution is 2.28. The van der Waals surface area contributed by atoms with Crippen LogP contribution in [0.1, 0.15) is 5.56 Å². The number of non-ortho nitro benzene ring substituents is 1. The lowest BCUT2D eigenvalue weighted by molar-refractivity contribution is -0.385. The zero-order chi connectivity index (χ0) is 22.6. The first-order valence-corrected chi connectivity index (χ1v) is 10.3. The van der Waals surface area contributed by atoms with Crippen LogP contribution in [-0.2, 0) is 10.0 Å². The van der Waals surface area contributed by atoms with E-state index in [1.165, 1.54) is 30.3 Å². The van der Waals surface area contributed by atoms with Crippen molar-refractivity contribution in [2.45, 2.75) is 4.90 Å². The summed E-state index contributed by atoms with van der Waals surface area (Å²) >= 11 is 5.78. The summed E-state index contributed by atoms with van der Waals surface area (Å²) in [5.74, 6) is -1.74. The van der Waals surface area contributed by atoms with Gasteiger partial charge in [0, 0.05) is 22.8 Å². The molecular weight excluding hydrogens is 454 g/mol. The van der Waals surface area contributed by atoms with Gasteiger partial charge in [0.05, 0.1) is 22.4 Å². The summed E-state index contributed by atoms with van der Waals surface area (Å²) in [6.45, 7) is 0. The van der Waals surface area contributed by atoms with E-state index in [-0.39, 0.29) is 11.4 Å². The minimum absolute atomic E-state index is 0.153. The Labute approximate surface area is 180 Å². The summed E-state index contributed by atoms with van der Waals surface area (Å²) in [7, 11) is -4.31. The van der Waals surface area contributed by atoms with Gasteiger partial charge in [-0.1, -0.05) is 17.7 Å². The maximum absolute atomic E-state index is 13.7. The molecule has 2 N–H and O–H groups in total. The van der Waals surface area contributed by atoms with Gasteiger partial charge in [-0.05, 0) is 42.5 Å². The summed E-state index contributed by atoms with van der Waals surface area (Å²) in [6.07, 6.45) is 0.828. The van der Waals surface area contributed by atoms with Crippen LogP contribution in [0.15, 0.2) is 70.7 Å². The van der Waals surface area contributed by atoms with Crippen LogP contribution >= 0.6 is 11.6 Å². The molecule has 0 saturated carbocycles. The number of hydrogen-bond acceptors (Lipinski definition) is 6. The molecule has 0 fully saturated rings. The normalized spacial score (nSPS) is 11.5. The van der Waals surface area contributed by atoms with Gasteiger partial charge in [-0.2, -0.15) is 5.10 Å². The van der Waals surface area contributed by atoms with Gasteiger partial charge >= 0.3 is 0 Å². The summed E-state index contributed by atoms with van der Waals surface area (Å²) in [5.41, 5.74) is 1.45. The Morgan fingerprint density at radius 2 is 1.68 bits per heavy atom. The largest absolute Gasteiger partial charge is 0.280 e. The van der Waals surface area contributed by atoms with Crippen LogP contribution in [0.5, 0.6) is 0 Å². The predicted molar refractivity (Wildman–Crippen MR) is 113 cm³/mol. The Kier molecular flexibility index (Phi) is 6.47. The molecule has 0 radical (unpaired) electrons. The molecule has 12 heteroatoms. The van der Waals surface area contributed by atoms with Crippen LogP contribution in [0.2, 0.25) is 5.02 Å². The van der Waals surface area contributed by atoms with E-state index in [2.05, 4.69) is 15.2 Å². The Morgan fingerprint density at radius 3 is 2.29 bits per heavy atom. The van der Waals surface area contributed by atoms with Gasteiger partial charge in [-0.25, -0.2) is 17.2 Å². The van der Waals surface area contributed by atoms with E-state index in [1.807, 2.05) is 0 Å². The second-order valence-corrected chi connectivity index (χ2v) is 8.14. The second-order valence-electron chi connectivity index (χ2n) is 6.06. The maximum Gasteiger partial charge on any atom is 0.270 e. The molecule has 31 heavy (non-hydrogen) atoms. The number of sulfonamides is 1. The lowest BCUT2D eigenvalue weighted by atomic mass is 10.2. The first-order valence-electron chi connectivity index (χ1n) is 8.47. The van der Waals surface area contributed by atoms with Crippen molar-refractivity contribution in [2.75, 3.05) is 10.1 Å². The van der Waals surface area contributed by atoms with Crippen molar-refractivity contribution in [3.8, 4) is 0 Å². The number of hydrogen-bond donors (Lipinski definition) is 2. The van der Waals surface area contributed by atoms with Crippen molar-refractivity contribution in [1.29, 1.82) is 0 Å². The number of benzene rings is 3. The van der Waals surface area contributed by atoms with Gasteiger partial charge < -0.3 is 0 Å². The number of nitrogens with one attached hydrogen (secondary N) is 2. The minimum Gasteiger partial charge on any atom is -0.280 e. The molecule has 0 aliphatic carbocycles. The van der Waals surface area contributed by atoms with Gasteiger partial charge in [0.25, 0.3) is 15.7 Å². The fraction of sp³-hybridized carbons (Fsp3) is 0. The average Bonchev–Trinajstić information content (AvgIpc) is 2.71. The molecule has 0 saturated heterocycles. The highest BCUT2D eigenvalue weighted by molar-refractivity contribution is 7.92. The summed E-state index contributed by atoms with van der Waals surface area (Å²) in [4.78, 5) is 9.85.